The van der Waals surface area contributed by atoms with Crippen molar-refractivity contribution >= 4 is 17.5 Å². The fourth-order valence-corrected chi connectivity index (χ4v) is 2.69. The minimum atomic E-state index is -0.494. The zero-order chi connectivity index (χ0) is 14.7. The number of hydrogen-bond donors (Lipinski definition) is 1. The summed E-state index contributed by atoms with van der Waals surface area (Å²) in [6.07, 6.45) is 0.487. The number of rotatable bonds is 4. The number of amides is 1. The summed E-state index contributed by atoms with van der Waals surface area (Å²) in [5.41, 5.74) is 6.58. The van der Waals surface area contributed by atoms with Crippen molar-refractivity contribution in [2.24, 2.45) is 11.7 Å². The first kappa shape index (κ1) is 15.1. The fraction of sp³-hybridized carbons (Fsp3) is 0.533. The minimum absolute atomic E-state index is 0.0234. The molecule has 1 fully saturated rings. The molecule has 1 aliphatic heterocycles. The molecule has 1 heterocycles. The molecule has 2 atom stereocenters. The van der Waals surface area contributed by atoms with Crippen LogP contribution in [0.5, 0.6) is 5.75 Å². The van der Waals surface area contributed by atoms with E-state index in [-0.39, 0.29) is 5.91 Å². The molecule has 0 bridgehead atoms. The molecule has 0 aliphatic carbocycles. The summed E-state index contributed by atoms with van der Waals surface area (Å²) in [5, 5.41) is 0.666. The number of halogens is 1. The lowest BCUT2D eigenvalue weighted by Crippen LogP contribution is -2.39. The number of aryl methyl sites for hydroxylation is 1. The van der Waals surface area contributed by atoms with Crippen molar-refractivity contribution < 1.29 is 9.53 Å². The molecule has 5 heteroatoms. The Hall–Kier alpha value is -1.26. The minimum Gasteiger partial charge on any atom is -0.481 e. The Morgan fingerprint density at radius 1 is 1.60 bits per heavy atom. The lowest BCUT2D eigenvalue weighted by atomic mass is 10.1. The Bertz CT molecular complexity index is 493. The predicted octanol–water partition coefficient (Wildman–Crippen LogP) is 2.22. The van der Waals surface area contributed by atoms with Crippen LogP contribution >= 0.6 is 11.6 Å². The highest BCUT2D eigenvalue weighted by molar-refractivity contribution is 6.30. The van der Waals surface area contributed by atoms with Gasteiger partial charge in [0.15, 0.2) is 6.10 Å². The molecule has 0 spiro atoms. The van der Waals surface area contributed by atoms with Gasteiger partial charge in [0.2, 0.25) is 0 Å². The molecule has 20 heavy (non-hydrogen) atoms. The number of carbonyl (C=O) groups excluding carboxylic acids is 1. The molecular weight excluding hydrogens is 276 g/mol. The lowest BCUT2D eigenvalue weighted by molar-refractivity contribution is -0.137. The first-order valence-corrected chi connectivity index (χ1v) is 7.30. The van der Waals surface area contributed by atoms with Gasteiger partial charge >= 0.3 is 0 Å². The second-order valence-corrected chi connectivity index (χ2v) is 5.78. The van der Waals surface area contributed by atoms with E-state index >= 15 is 0 Å². The molecule has 0 saturated carbocycles. The third-order valence-electron chi connectivity index (χ3n) is 3.72. The molecule has 1 aromatic carbocycles. The summed E-state index contributed by atoms with van der Waals surface area (Å²) in [6, 6.07) is 5.39. The second-order valence-electron chi connectivity index (χ2n) is 5.34. The van der Waals surface area contributed by atoms with Gasteiger partial charge in [-0.3, -0.25) is 4.79 Å². The highest BCUT2D eigenvalue weighted by Gasteiger charge is 2.29. The monoisotopic (exact) mass is 296 g/mol. The van der Waals surface area contributed by atoms with Crippen molar-refractivity contribution in [3.05, 3.63) is 28.8 Å². The van der Waals surface area contributed by atoms with Gasteiger partial charge in [-0.1, -0.05) is 11.6 Å². The first-order chi connectivity index (χ1) is 9.51. The maximum absolute atomic E-state index is 12.3. The molecular formula is C15H21ClN2O2. The van der Waals surface area contributed by atoms with Gasteiger partial charge in [-0.15, -0.1) is 0 Å². The van der Waals surface area contributed by atoms with Gasteiger partial charge in [0.05, 0.1) is 0 Å². The van der Waals surface area contributed by atoms with Crippen molar-refractivity contribution in [2.45, 2.75) is 26.4 Å². The van der Waals surface area contributed by atoms with Crippen LogP contribution in [0.25, 0.3) is 0 Å². The third kappa shape index (κ3) is 3.44. The van der Waals surface area contributed by atoms with Gasteiger partial charge < -0.3 is 15.4 Å². The van der Waals surface area contributed by atoms with Crippen LogP contribution in [-0.4, -0.2) is 36.5 Å². The van der Waals surface area contributed by atoms with E-state index in [1.165, 1.54) is 0 Å². The number of carbonyl (C=O) groups is 1. The van der Waals surface area contributed by atoms with Gasteiger partial charge in [-0.25, -0.2) is 0 Å². The fourth-order valence-electron chi connectivity index (χ4n) is 2.47. The van der Waals surface area contributed by atoms with Crippen molar-refractivity contribution in [2.75, 3.05) is 19.6 Å². The van der Waals surface area contributed by atoms with E-state index in [0.29, 0.717) is 23.2 Å². The molecule has 0 radical (unpaired) electrons. The van der Waals surface area contributed by atoms with Gasteiger partial charge in [0.1, 0.15) is 5.75 Å². The number of nitrogens with zero attached hydrogens (tertiary/aromatic N) is 1. The normalized spacial score (nSPS) is 20.0. The molecule has 0 unspecified atom stereocenters. The first-order valence-electron chi connectivity index (χ1n) is 6.93. The summed E-state index contributed by atoms with van der Waals surface area (Å²) < 4.78 is 5.76. The average Bonchev–Trinajstić information content (AvgIpc) is 2.89. The molecule has 2 N–H and O–H groups in total. The van der Waals surface area contributed by atoms with Crippen LogP contribution in [-0.2, 0) is 4.79 Å². The van der Waals surface area contributed by atoms with Crippen molar-refractivity contribution in [3.8, 4) is 5.75 Å². The van der Waals surface area contributed by atoms with Crippen LogP contribution in [0.2, 0.25) is 5.02 Å². The van der Waals surface area contributed by atoms with Gasteiger partial charge in [-0.2, -0.15) is 0 Å². The van der Waals surface area contributed by atoms with Crippen LogP contribution < -0.4 is 10.5 Å². The largest absolute Gasteiger partial charge is 0.481 e. The third-order valence-corrected chi connectivity index (χ3v) is 3.95. The number of benzene rings is 1. The summed E-state index contributed by atoms with van der Waals surface area (Å²) in [4.78, 5) is 14.2. The Balaban J connectivity index is 1.97. The van der Waals surface area contributed by atoms with E-state index < -0.39 is 6.10 Å². The standard InChI is InChI=1S/C15H21ClN2O2/c1-10-7-13(16)3-4-14(10)20-11(2)15(19)18-6-5-12(8-17)9-18/h3-4,7,11-12H,5-6,8-9,17H2,1-2H3/t11-,12-/m0/s1. The number of likely N-dealkylation sites (tertiary alicyclic amines) is 1. The van der Waals surface area contributed by atoms with Crippen LogP contribution in [0.1, 0.15) is 18.9 Å². The van der Waals surface area contributed by atoms with Crippen molar-refractivity contribution in [1.29, 1.82) is 0 Å². The van der Waals surface area contributed by atoms with Crippen LogP contribution in [0, 0.1) is 12.8 Å². The van der Waals surface area contributed by atoms with Gasteiger partial charge in [0, 0.05) is 18.1 Å². The second kappa shape index (κ2) is 6.46. The molecule has 1 aromatic rings. The molecule has 0 aromatic heterocycles. The quantitative estimate of drug-likeness (QED) is 0.927. The Labute approximate surface area is 124 Å². The van der Waals surface area contributed by atoms with Crippen LogP contribution in [0.4, 0.5) is 0 Å². The topological polar surface area (TPSA) is 55.6 Å². The Kier molecular flexibility index (Phi) is 4.89. The zero-order valence-electron chi connectivity index (χ0n) is 11.9. The van der Waals surface area contributed by atoms with E-state index in [9.17, 15) is 4.79 Å². The molecule has 110 valence electrons. The molecule has 2 rings (SSSR count). The number of hydrogen-bond acceptors (Lipinski definition) is 3. The number of nitrogens with two attached hydrogens (primary N) is 1. The Morgan fingerprint density at radius 3 is 2.95 bits per heavy atom. The highest BCUT2D eigenvalue weighted by Crippen LogP contribution is 2.24. The molecule has 1 saturated heterocycles. The number of ether oxygens (including phenoxy) is 1. The van der Waals surface area contributed by atoms with E-state index in [1.807, 2.05) is 17.9 Å². The van der Waals surface area contributed by atoms with Gasteiger partial charge in [-0.05, 0) is 56.5 Å². The smallest absolute Gasteiger partial charge is 0.263 e. The van der Waals surface area contributed by atoms with E-state index in [4.69, 9.17) is 22.1 Å². The van der Waals surface area contributed by atoms with Crippen molar-refractivity contribution in [1.82, 2.24) is 4.90 Å². The highest BCUT2D eigenvalue weighted by atomic mass is 35.5. The summed E-state index contributed by atoms with van der Waals surface area (Å²) in [5.74, 6) is 1.14. The summed E-state index contributed by atoms with van der Waals surface area (Å²) in [7, 11) is 0. The van der Waals surface area contributed by atoms with Crippen LogP contribution in [0.3, 0.4) is 0 Å². The molecule has 1 aliphatic rings. The van der Waals surface area contributed by atoms with Gasteiger partial charge in [0.25, 0.3) is 5.91 Å². The zero-order valence-corrected chi connectivity index (χ0v) is 12.7. The lowest BCUT2D eigenvalue weighted by Gasteiger charge is -2.22. The maximum Gasteiger partial charge on any atom is 0.263 e. The van der Waals surface area contributed by atoms with E-state index in [1.54, 1.807) is 19.1 Å². The Morgan fingerprint density at radius 2 is 2.35 bits per heavy atom. The van der Waals surface area contributed by atoms with Crippen LogP contribution in [0.15, 0.2) is 18.2 Å². The van der Waals surface area contributed by atoms with Crippen molar-refractivity contribution in [3.63, 3.8) is 0 Å². The summed E-state index contributed by atoms with van der Waals surface area (Å²) >= 11 is 5.91. The maximum atomic E-state index is 12.3. The predicted molar refractivity (Wildman–Crippen MR) is 80.0 cm³/mol. The molecule has 4 nitrogen and oxygen atoms in total. The molecule has 1 amide bonds. The average molecular weight is 297 g/mol. The van der Waals surface area contributed by atoms with E-state index in [0.717, 1.165) is 25.1 Å². The SMILES string of the molecule is Cc1cc(Cl)ccc1O[C@@H](C)C(=O)N1CC[C@@H](CN)C1. The summed E-state index contributed by atoms with van der Waals surface area (Å²) in [6.45, 7) is 5.84. The van der Waals surface area contributed by atoms with E-state index in [2.05, 4.69) is 0 Å².